The van der Waals surface area contributed by atoms with Crippen molar-refractivity contribution in [3.05, 3.63) is 41.9 Å². The van der Waals surface area contributed by atoms with Crippen LogP contribution in [0.3, 0.4) is 0 Å². The molecule has 0 N–H and O–H groups in total. The lowest BCUT2D eigenvalue weighted by molar-refractivity contribution is 0.414. The van der Waals surface area contributed by atoms with E-state index in [0.29, 0.717) is 17.6 Å². The first kappa shape index (κ1) is 15.9. The van der Waals surface area contributed by atoms with E-state index in [1.807, 2.05) is 39.0 Å². The van der Waals surface area contributed by atoms with E-state index < -0.39 is 0 Å². The first-order chi connectivity index (χ1) is 11.5. The Morgan fingerprint density at radius 1 is 1.21 bits per heavy atom. The van der Waals surface area contributed by atoms with Gasteiger partial charge in [0, 0.05) is 23.8 Å². The second-order valence-electron chi connectivity index (χ2n) is 5.74. The molecule has 0 saturated carbocycles. The van der Waals surface area contributed by atoms with Crippen LogP contribution in [-0.2, 0) is 0 Å². The van der Waals surface area contributed by atoms with Gasteiger partial charge < -0.3 is 9.15 Å². The highest BCUT2D eigenvalue weighted by atomic mass is 16.5. The third-order valence-corrected chi connectivity index (χ3v) is 3.37. The van der Waals surface area contributed by atoms with E-state index in [-0.39, 0.29) is 5.92 Å². The van der Waals surface area contributed by atoms with E-state index in [0.717, 1.165) is 16.9 Å². The molecule has 24 heavy (non-hydrogen) atoms. The molecule has 7 heteroatoms. The Morgan fingerprint density at radius 2 is 2.04 bits per heavy atom. The summed E-state index contributed by atoms with van der Waals surface area (Å²) in [6.07, 6.45) is 5.05. The molecule has 124 valence electrons. The van der Waals surface area contributed by atoms with Crippen LogP contribution in [0.25, 0.3) is 23.7 Å². The topological polar surface area (TPSA) is 78.9 Å². The fourth-order valence-corrected chi connectivity index (χ4v) is 2.16. The Hall–Kier alpha value is -2.96. The maximum atomic E-state index is 5.52. The highest BCUT2D eigenvalue weighted by molar-refractivity contribution is 5.60. The second kappa shape index (κ2) is 6.66. The lowest BCUT2D eigenvalue weighted by atomic mass is 10.1. The molecule has 0 unspecified atom stereocenters. The minimum absolute atomic E-state index is 0.203. The summed E-state index contributed by atoms with van der Waals surface area (Å²) >= 11 is 0. The van der Waals surface area contributed by atoms with Gasteiger partial charge in [0.2, 0.25) is 11.8 Å². The molecule has 1 aromatic carbocycles. The number of rotatable bonds is 5. The van der Waals surface area contributed by atoms with E-state index in [2.05, 4.69) is 20.3 Å². The summed E-state index contributed by atoms with van der Waals surface area (Å²) in [4.78, 5) is 4.33. The Kier molecular flexibility index (Phi) is 4.41. The van der Waals surface area contributed by atoms with Crippen molar-refractivity contribution >= 4 is 12.3 Å². The van der Waals surface area contributed by atoms with Gasteiger partial charge in [0.15, 0.2) is 5.82 Å². The van der Waals surface area contributed by atoms with Gasteiger partial charge in [0.25, 0.3) is 0 Å². The third kappa shape index (κ3) is 3.51. The smallest absolute Gasteiger partial charge is 0.242 e. The lowest BCUT2D eigenvalue weighted by Crippen LogP contribution is -1.90. The minimum atomic E-state index is 0.203. The molecule has 0 aliphatic carbocycles. The summed E-state index contributed by atoms with van der Waals surface area (Å²) in [5, 5.41) is 12.4. The van der Waals surface area contributed by atoms with Crippen LogP contribution < -0.4 is 4.74 Å². The number of benzene rings is 1. The first-order valence-corrected chi connectivity index (χ1v) is 7.64. The first-order valence-electron chi connectivity index (χ1n) is 7.64. The molecule has 0 aliphatic rings. The van der Waals surface area contributed by atoms with Crippen LogP contribution in [0.2, 0.25) is 0 Å². The maximum absolute atomic E-state index is 5.52. The fourth-order valence-electron chi connectivity index (χ4n) is 2.16. The van der Waals surface area contributed by atoms with Crippen LogP contribution in [0.15, 0.2) is 28.9 Å². The number of methoxy groups -OCH3 is 1. The van der Waals surface area contributed by atoms with Crippen LogP contribution in [-0.4, -0.2) is 32.1 Å². The van der Waals surface area contributed by atoms with Crippen molar-refractivity contribution in [1.29, 1.82) is 0 Å². The lowest BCUT2D eigenvalue weighted by Gasteiger charge is -2.03. The molecule has 7 nitrogen and oxygen atoms in total. The van der Waals surface area contributed by atoms with Gasteiger partial charge in [0.1, 0.15) is 12.1 Å². The molecule has 0 saturated heterocycles. The highest BCUT2D eigenvalue weighted by Gasteiger charge is 2.08. The average Bonchev–Trinajstić information content (AvgIpc) is 3.21. The number of aromatic nitrogens is 5. The standard InChI is InChI=1S/C17H19N5O2/c1-11(2)17-20-19-15(24-17)5-6-22-10-18-16(21-22)13-7-12(3)8-14(9-13)23-4/h5-11H,1-4H3/b6-5-. The van der Waals surface area contributed by atoms with E-state index >= 15 is 0 Å². The van der Waals surface area contributed by atoms with Crippen LogP contribution >= 0.6 is 0 Å². The molecule has 0 spiro atoms. The number of ether oxygens (including phenoxy) is 1. The summed E-state index contributed by atoms with van der Waals surface area (Å²) in [5.41, 5.74) is 1.99. The van der Waals surface area contributed by atoms with E-state index in [4.69, 9.17) is 9.15 Å². The largest absolute Gasteiger partial charge is 0.497 e. The Balaban J connectivity index is 1.80. The zero-order valence-electron chi connectivity index (χ0n) is 14.1. The molecule has 3 rings (SSSR count). The van der Waals surface area contributed by atoms with Gasteiger partial charge in [-0.3, -0.25) is 0 Å². The third-order valence-electron chi connectivity index (χ3n) is 3.37. The van der Waals surface area contributed by atoms with Gasteiger partial charge >= 0.3 is 0 Å². The molecule has 0 aliphatic heterocycles. The Morgan fingerprint density at radius 3 is 2.75 bits per heavy atom. The van der Waals surface area contributed by atoms with Crippen LogP contribution in [0.5, 0.6) is 5.75 Å². The Bertz CT molecular complexity index is 864. The zero-order valence-corrected chi connectivity index (χ0v) is 14.1. The normalized spacial score (nSPS) is 11.5. The summed E-state index contributed by atoms with van der Waals surface area (Å²) in [5.74, 6) is 2.65. The molecule has 3 aromatic rings. The predicted molar refractivity (Wildman–Crippen MR) is 90.4 cm³/mol. The molecule has 0 bridgehead atoms. The SMILES string of the molecule is COc1cc(C)cc(-c2ncn(/C=C\c3nnc(C(C)C)o3)n2)c1. The second-order valence-corrected chi connectivity index (χ2v) is 5.74. The van der Waals surface area contributed by atoms with Crippen molar-refractivity contribution in [1.82, 2.24) is 25.0 Å². The quantitative estimate of drug-likeness (QED) is 0.715. The van der Waals surface area contributed by atoms with E-state index in [1.165, 1.54) is 0 Å². The molecule has 0 radical (unpaired) electrons. The maximum Gasteiger partial charge on any atom is 0.242 e. The van der Waals surface area contributed by atoms with Crippen molar-refractivity contribution < 1.29 is 9.15 Å². The summed E-state index contributed by atoms with van der Waals surface area (Å²) in [7, 11) is 1.64. The fraction of sp³-hybridized carbons (Fsp3) is 0.294. The van der Waals surface area contributed by atoms with Gasteiger partial charge in [-0.2, -0.15) is 0 Å². The molecule has 2 heterocycles. The van der Waals surface area contributed by atoms with Crippen molar-refractivity contribution in [2.45, 2.75) is 26.7 Å². The van der Waals surface area contributed by atoms with Gasteiger partial charge in [-0.15, -0.1) is 15.3 Å². The summed E-state index contributed by atoms with van der Waals surface area (Å²) in [6, 6.07) is 5.88. The zero-order chi connectivity index (χ0) is 17.1. The number of aryl methyl sites for hydroxylation is 1. The molecule has 2 aromatic heterocycles. The minimum Gasteiger partial charge on any atom is -0.497 e. The predicted octanol–water partition coefficient (Wildman–Crippen LogP) is 3.40. The number of nitrogens with zero attached hydrogens (tertiary/aromatic N) is 5. The molecule has 0 atom stereocenters. The summed E-state index contributed by atoms with van der Waals surface area (Å²) in [6.45, 7) is 6.01. The van der Waals surface area contributed by atoms with Crippen LogP contribution in [0, 0.1) is 6.92 Å². The van der Waals surface area contributed by atoms with Gasteiger partial charge in [0.05, 0.1) is 7.11 Å². The summed E-state index contributed by atoms with van der Waals surface area (Å²) < 4.78 is 12.4. The van der Waals surface area contributed by atoms with Crippen LogP contribution in [0.1, 0.15) is 37.1 Å². The highest BCUT2D eigenvalue weighted by Crippen LogP contribution is 2.23. The monoisotopic (exact) mass is 325 g/mol. The number of hydrogen-bond acceptors (Lipinski definition) is 6. The molecular weight excluding hydrogens is 306 g/mol. The van der Waals surface area contributed by atoms with Crippen molar-refractivity contribution in [3.63, 3.8) is 0 Å². The molecular formula is C17H19N5O2. The van der Waals surface area contributed by atoms with Crippen molar-refractivity contribution in [3.8, 4) is 17.1 Å². The van der Waals surface area contributed by atoms with Gasteiger partial charge in [-0.05, 0) is 30.7 Å². The van der Waals surface area contributed by atoms with Crippen molar-refractivity contribution in [2.75, 3.05) is 7.11 Å². The van der Waals surface area contributed by atoms with Gasteiger partial charge in [-0.25, -0.2) is 9.67 Å². The van der Waals surface area contributed by atoms with Gasteiger partial charge in [-0.1, -0.05) is 13.8 Å². The molecule has 0 amide bonds. The van der Waals surface area contributed by atoms with Crippen molar-refractivity contribution in [2.24, 2.45) is 0 Å². The number of hydrogen-bond donors (Lipinski definition) is 0. The van der Waals surface area contributed by atoms with E-state index in [1.54, 1.807) is 30.4 Å². The van der Waals surface area contributed by atoms with E-state index in [9.17, 15) is 0 Å². The molecule has 0 fully saturated rings. The van der Waals surface area contributed by atoms with Crippen LogP contribution in [0.4, 0.5) is 0 Å². The average molecular weight is 325 g/mol. The Labute approximate surface area is 140 Å².